The van der Waals surface area contributed by atoms with Crippen molar-refractivity contribution in [3.8, 4) is 0 Å². The van der Waals surface area contributed by atoms with Gasteiger partial charge in [0.05, 0.1) is 6.04 Å². The Kier molecular flexibility index (Phi) is 5.66. The fourth-order valence-corrected chi connectivity index (χ4v) is 2.09. The number of carboxylic acids is 1. The number of rotatable bonds is 8. The number of nitrogens with zero attached hydrogens (tertiary/aromatic N) is 1. The van der Waals surface area contributed by atoms with Crippen LogP contribution in [-0.4, -0.2) is 35.6 Å². The van der Waals surface area contributed by atoms with E-state index < -0.39 is 5.97 Å². The van der Waals surface area contributed by atoms with Gasteiger partial charge in [0.2, 0.25) is 5.91 Å². The van der Waals surface area contributed by atoms with Crippen molar-refractivity contribution in [1.29, 1.82) is 0 Å². The molecule has 96 valence electrons. The molecule has 0 aromatic heterocycles. The first-order valence-corrected chi connectivity index (χ1v) is 6.09. The number of amides is 1. The van der Waals surface area contributed by atoms with Gasteiger partial charge in [-0.05, 0) is 25.7 Å². The van der Waals surface area contributed by atoms with E-state index >= 15 is 0 Å². The van der Waals surface area contributed by atoms with Crippen LogP contribution in [0.3, 0.4) is 0 Å². The minimum absolute atomic E-state index is 0.0526. The molecule has 1 amide bonds. The second kappa shape index (κ2) is 7.04. The number of aliphatic carboxylic acids is 1. The Morgan fingerprint density at radius 3 is 2.71 bits per heavy atom. The summed E-state index contributed by atoms with van der Waals surface area (Å²) >= 11 is 0. The van der Waals surface area contributed by atoms with Gasteiger partial charge in [-0.2, -0.15) is 0 Å². The third-order valence-corrected chi connectivity index (χ3v) is 3.06. The molecule has 1 fully saturated rings. The summed E-state index contributed by atoms with van der Waals surface area (Å²) in [5.74, 6) is -0.961. The van der Waals surface area contributed by atoms with Gasteiger partial charge in [-0.3, -0.25) is 4.79 Å². The Hall–Kier alpha value is -1.39. The molecule has 1 aliphatic heterocycles. The van der Waals surface area contributed by atoms with Crippen molar-refractivity contribution in [3.63, 3.8) is 0 Å². The first-order chi connectivity index (χ1) is 8.15. The first-order valence-electron chi connectivity index (χ1n) is 6.09. The Bertz CT molecular complexity index is 290. The molecule has 1 aliphatic rings. The van der Waals surface area contributed by atoms with Crippen LogP contribution < -0.4 is 5.11 Å². The molecule has 1 atom stereocenters. The number of aldehydes is 1. The lowest BCUT2D eigenvalue weighted by Gasteiger charge is -2.20. The number of carbonyl (C=O) groups excluding carboxylic acids is 3. The van der Waals surface area contributed by atoms with Crippen molar-refractivity contribution >= 4 is 18.2 Å². The van der Waals surface area contributed by atoms with E-state index in [0.717, 1.165) is 25.5 Å². The maximum Gasteiger partial charge on any atom is 0.223 e. The molecule has 5 heteroatoms. The number of hydrogen-bond donors (Lipinski definition) is 0. The van der Waals surface area contributed by atoms with Gasteiger partial charge in [0.15, 0.2) is 0 Å². The standard InChI is InChI=1S/C12H19NO4/c14-9-10-6-7-11(15)13(10)8-4-2-1-3-5-12(16)17/h9-10H,1-8H2,(H,16,17)/p-1. The highest BCUT2D eigenvalue weighted by Crippen LogP contribution is 2.18. The van der Waals surface area contributed by atoms with Gasteiger partial charge >= 0.3 is 0 Å². The van der Waals surface area contributed by atoms with Crippen LogP contribution in [0.15, 0.2) is 0 Å². The number of unbranched alkanes of at least 4 members (excludes halogenated alkanes) is 3. The number of hydrogen-bond acceptors (Lipinski definition) is 4. The van der Waals surface area contributed by atoms with Crippen LogP contribution in [0, 0.1) is 0 Å². The van der Waals surface area contributed by atoms with Gasteiger partial charge in [-0.15, -0.1) is 0 Å². The topological polar surface area (TPSA) is 77.5 Å². The molecule has 5 nitrogen and oxygen atoms in total. The zero-order valence-electron chi connectivity index (χ0n) is 9.89. The van der Waals surface area contributed by atoms with E-state index in [-0.39, 0.29) is 18.4 Å². The molecule has 1 saturated heterocycles. The molecule has 1 heterocycles. The molecule has 0 bridgehead atoms. The first kappa shape index (κ1) is 13.7. The van der Waals surface area contributed by atoms with Gasteiger partial charge in [0.25, 0.3) is 0 Å². The summed E-state index contributed by atoms with van der Waals surface area (Å²) in [4.78, 5) is 33.9. The molecule has 0 radical (unpaired) electrons. The second-order valence-corrected chi connectivity index (χ2v) is 4.37. The van der Waals surface area contributed by atoms with Gasteiger partial charge in [0, 0.05) is 18.9 Å². The molecule has 0 N–H and O–H groups in total. The van der Waals surface area contributed by atoms with E-state index in [4.69, 9.17) is 0 Å². The molecule has 0 aliphatic carbocycles. The summed E-state index contributed by atoms with van der Waals surface area (Å²) in [7, 11) is 0. The molecule has 0 saturated carbocycles. The van der Waals surface area contributed by atoms with Crippen molar-refractivity contribution in [2.75, 3.05) is 6.54 Å². The number of carbonyl (C=O) groups is 3. The monoisotopic (exact) mass is 240 g/mol. The van der Waals surface area contributed by atoms with Crippen LogP contribution in [0.25, 0.3) is 0 Å². The van der Waals surface area contributed by atoms with Crippen LogP contribution in [-0.2, 0) is 14.4 Å². The third kappa shape index (κ3) is 4.54. The van der Waals surface area contributed by atoms with Crippen molar-refractivity contribution in [2.45, 2.75) is 51.0 Å². The van der Waals surface area contributed by atoms with E-state index in [9.17, 15) is 19.5 Å². The fraction of sp³-hybridized carbons (Fsp3) is 0.750. The van der Waals surface area contributed by atoms with Crippen LogP contribution >= 0.6 is 0 Å². The zero-order valence-corrected chi connectivity index (χ0v) is 9.89. The summed E-state index contributed by atoms with van der Waals surface area (Å²) in [5, 5.41) is 10.2. The van der Waals surface area contributed by atoms with Crippen molar-refractivity contribution in [3.05, 3.63) is 0 Å². The Morgan fingerprint density at radius 1 is 1.35 bits per heavy atom. The van der Waals surface area contributed by atoms with E-state index in [1.807, 2.05) is 0 Å². The van der Waals surface area contributed by atoms with Gasteiger partial charge in [-0.1, -0.05) is 12.8 Å². The lowest BCUT2D eigenvalue weighted by Crippen LogP contribution is -2.34. The Morgan fingerprint density at radius 2 is 2.06 bits per heavy atom. The van der Waals surface area contributed by atoms with E-state index in [1.165, 1.54) is 0 Å². The minimum atomic E-state index is -1.01. The predicted octanol–water partition coefficient (Wildman–Crippen LogP) is -0.123. The zero-order chi connectivity index (χ0) is 12.7. The largest absolute Gasteiger partial charge is 0.550 e. The SMILES string of the molecule is O=CC1CCC(=O)N1CCCCCCC(=O)[O-]. The fourth-order valence-electron chi connectivity index (χ4n) is 2.09. The van der Waals surface area contributed by atoms with Crippen LogP contribution in [0.1, 0.15) is 44.9 Å². The molecular weight excluding hydrogens is 222 g/mol. The van der Waals surface area contributed by atoms with E-state index in [1.54, 1.807) is 4.90 Å². The minimum Gasteiger partial charge on any atom is -0.550 e. The lowest BCUT2D eigenvalue weighted by molar-refractivity contribution is -0.305. The normalized spacial score (nSPS) is 19.6. The van der Waals surface area contributed by atoms with Gasteiger partial charge < -0.3 is 19.6 Å². The molecular formula is C12H18NO4-. The molecule has 1 rings (SSSR count). The molecule has 17 heavy (non-hydrogen) atoms. The summed E-state index contributed by atoms with van der Waals surface area (Å²) in [6, 6.07) is -0.245. The van der Waals surface area contributed by atoms with Crippen LogP contribution in [0.5, 0.6) is 0 Å². The highest BCUT2D eigenvalue weighted by Gasteiger charge is 2.29. The summed E-state index contributed by atoms with van der Waals surface area (Å²) < 4.78 is 0. The lowest BCUT2D eigenvalue weighted by atomic mass is 10.1. The highest BCUT2D eigenvalue weighted by atomic mass is 16.4. The average Bonchev–Trinajstić information content (AvgIpc) is 2.64. The Balaban J connectivity index is 2.11. The second-order valence-electron chi connectivity index (χ2n) is 4.37. The van der Waals surface area contributed by atoms with Gasteiger partial charge in [0.1, 0.15) is 6.29 Å². The van der Waals surface area contributed by atoms with E-state index in [0.29, 0.717) is 25.8 Å². The summed E-state index contributed by atoms with van der Waals surface area (Å²) in [6.07, 6.45) is 5.17. The predicted molar refractivity (Wildman–Crippen MR) is 58.9 cm³/mol. The summed E-state index contributed by atoms with van der Waals surface area (Å²) in [5.41, 5.74) is 0. The smallest absolute Gasteiger partial charge is 0.223 e. The number of likely N-dealkylation sites (tertiary alicyclic amines) is 1. The summed E-state index contributed by atoms with van der Waals surface area (Å²) in [6.45, 7) is 0.605. The van der Waals surface area contributed by atoms with Crippen LogP contribution in [0.2, 0.25) is 0 Å². The highest BCUT2D eigenvalue weighted by molar-refractivity contribution is 5.83. The molecule has 0 aromatic rings. The quantitative estimate of drug-likeness (QED) is 0.437. The average molecular weight is 240 g/mol. The third-order valence-electron chi connectivity index (χ3n) is 3.06. The number of carboxylic acid groups (broad SMARTS) is 1. The van der Waals surface area contributed by atoms with Crippen molar-refractivity contribution in [1.82, 2.24) is 4.90 Å². The van der Waals surface area contributed by atoms with Crippen molar-refractivity contribution < 1.29 is 19.5 Å². The molecule has 1 unspecified atom stereocenters. The van der Waals surface area contributed by atoms with Crippen molar-refractivity contribution in [2.24, 2.45) is 0 Å². The van der Waals surface area contributed by atoms with Gasteiger partial charge in [-0.25, -0.2) is 0 Å². The van der Waals surface area contributed by atoms with Crippen LogP contribution in [0.4, 0.5) is 0 Å². The maximum atomic E-state index is 11.4. The Labute approximate surface area is 101 Å². The molecule has 0 spiro atoms. The van der Waals surface area contributed by atoms with E-state index in [2.05, 4.69) is 0 Å². The molecule has 0 aromatic carbocycles. The maximum absolute atomic E-state index is 11.4.